The molecule has 0 aromatic heterocycles. The highest BCUT2D eigenvalue weighted by Crippen LogP contribution is 2.27. The first-order valence-electron chi connectivity index (χ1n) is 11.3. The predicted molar refractivity (Wildman–Crippen MR) is 118 cm³/mol. The highest BCUT2D eigenvalue weighted by atomic mass is 16.4. The second-order valence-electron chi connectivity index (χ2n) is 7.82. The van der Waals surface area contributed by atoms with Crippen LogP contribution in [0.2, 0.25) is 0 Å². The van der Waals surface area contributed by atoms with Gasteiger partial charge in [0.2, 0.25) is 0 Å². The Morgan fingerprint density at radius 1 is 1.03 bits per heavy atom. The molecule has 0 saturated carbocycles. The van der Waals surface area contributed by atoms with Gasteiger partial charge in [0.25, 0.3) is 0 Å². The first-order chi connectivity index (χ1) is 14.1. The summed E-state index contributed by atoms with van der Waals surface area (Å²) in [7, 11) is 0. The van der Waals surface area contributed by atoms with E-state index in [1.807, 2.05) is 0 Å². The lowest BCUT2D eigenvalue weighted by molar-refractivity contribution is -0.146. The van der Waals surface area contributed by atoms with E-state index < -0.39 is 12.1 Å². The molecule has 0 saturated heterocycles. The van der Waals surface area contributed by atoms with Crippen molar-refractivity contribution in [3.05, 3.63) is 41.2 Å². The summed E-state index contributed by atoms with van der Waals surface area (Å²) in [4.78, 5) is 22.6. The van der Waals surface area contributed by atoms with Gasteiger partial charge in [0.05, 0.1) is 0 Å². The monoisotopic (exact) mass is 402 g/mol. The molecule has 4 nitrogen and oxygen atoms in total. The summed E-state index contributed by atoms with van der Waals surface area (Å²) in [5.74, 6) is -1.05. The zero-order chi connectivity index (χ0) is 21.3. The van der Waals surface area contributed by atoms with Crippen LogP contribution in [0.1, 0.15) is 96.8 Å². The summed E-state index contributed by atoms with van der Waals surface area (Å²) in [6, 6.07) is 0. The maximum Gasteiger partial charge on any atom is 0.332 e. The van der Waals surface area contributed by atoms with Gasteiger partial charge in [0, 0.05) is 24.8 Å². The Kier molecular flexibility index (Phi) is 13.8. The molecule has 2 N–H and O–H groups in total. The van der Waals surface area contributed by atoms with Crippen LogP contribution in [0.15, 0.2) is 41.2 Å². The number of rotatable bonds is 16. The summed E-state index contributed by atoms with van der Waals surface area (Å²) in [5.41, 5.74) is 4.83. The summed E-state index contributed by atoms with van der Waals surface area (Å²) in [6.07, 6.45) is 21.0. The summed E-state index contributed by atoms with van der Waals surface area (Å²) in [5, 5.41) is 17.8. The summed E-state index contributed by atoms with van der Waals surface area (Å²) in [6.45, 7) is 2.25. The van der Waals surface area contributed by atoms with Crippen LogP contribution < -0.4 is 0 Å². The van der Waals surface area contributed by atoms with Crippen LogP contribution >= 0.6 is 0 Å². The number of aliphatic hydroxyl groups is 1. The molecule has 0 radical (unpaired) electrons. The fourth-order valence-electron chi connectivity index (χ4n) is 3.48. The molecular formula is C25H38O4. The quantitative estimate of drug-likeness (QED) is 0.243. The van der Waals surface area contributed by atoms with Crippen molar-refractivity contribution >= 4 is 11.8 Å². The average Bonchev–Trinajstić information content (AvgIpc) is 3.05. The van der Waals surface area contributed by atoms with Gasteiger partial charge >= 0.3 is 5.97 Å². The van der Waals surface area contributed by atoms with E-state index in [1.165, 1.54) is 63.9 Å². The number of carboxylic acids is 1. The van der Waals surface area contributed by atoms with E-state index in [0.29, 0.717) is 12.8 Å². The molecule has 0 spiro atoms. The number of hydrogen-bond acceptors (Lipinski definition) is 3. The molecule has 0 aromatic carbocycles. The number of carboxylic acid groups (broad SMARTS) is 1. The Hall–Kier alpha value is -1.90. The van der Waals surface area contributed by atoms with Gasteiger partial charge in [0.15, 0.2) is 11.9 Å². The largest absolute Gasteiger partial charge is 0.479 e. The van der Waals surface area contributed by atoms with Crippen molar-refractivity contribution in [1.82, 2.24) is 0 Å². The highest BCUT2D eigenvalue weighted by Gasteiger charge is 2.19. The summed E-state index contributed by atoms with van der Waals surface area (Å²) >= 11 is 0. The highest BCUT2D eigenvalue weighted by molar-refractivity contribution is 5.99. The number of hydrogen-bond donors (Lipinski definition) is 2. The predicted octanol–water partition coefficient (Wildman–Crippen LogP) is 6.06. The Bertz CT molecular complexity index is 621. The molecule has 1 atom stereocenters. The third-order valence-corrected chi connectivity index (χ3v) is 5.31. The van der Waals surface area contributed by atoms with Crippen molar-refractivity contribution in [2.45, 2.75) is 103 Å². The van der Waals surface area contributed by atoms with Crippen molar-refractivity contribution in [2.75, 3.05) is 0 Å². The molecule has 1 rings (SSSR count). The van der Waals surface area contributed by atoms with Crippen LogP contribution in [0.25, 0.3) is 0 Å². The van der Waals surface area contributed by atoms with E-state index in [2.05, 4.69) is 24.8 Å². The van der Waals surface area contributed by atoms with Crippen LogP contribution in [-0.4, -0.2) is 28.1 Å². The normalized spacial score (nSPS) is 15.0. The zero-order valence-electron chi connectivity index (χ0n) is 18.0. The van der Waals surface area contributed by atoms with Gasteiger partial charge in [-0.25, -0.2) is 4.79 Å². The van der Waals surface area contributed by atoms with Crippen molar-refractivity contribution in [2.24, 2.45) is 0 Å². The lowest BCUT2D eigenvalue weighted by Crippen LogP contribution is -2.17. The lowest BCUT2D eigenvalue weighted by Gasteiger charge is -2.01. The van der Waals surface area contributed by atoms with Crippen LogP contribution in [-0.2, 0) is 9.59 Å². The molecule has 0 heterocycles. The first kappa shape index (κ1) is 25.1. The van der Waals surface area contributed by atoms with Crippen molar-refractivity contribution in [1.29, 1.82) is 0 Å². The van der Waals surface area contributed by atoms with E-state index in [0.717, 1.165) is 24.0 Å². The van der Waals surface area contributed by atoms with Gasteiger partial charge in [-0.3, -0.25) is 4.79 Å². The number of unbranched alkanes of at least 4 members (excludes halogenated alkanes) is 9. The van der Waals surface area contributed by atoms with E-state index in [-0.39, 0.29) is 12.2 Å². The maximum atomic E-state index is 12.1. The third-order valence-electron chi connectivity index (χ3n) is 5.31. The minimum Gasteiger partial charge on any atom is -0.479 e. The Morgan fingerprint density at radius 2 is 1.69 bits per heavy atom. The van der Waals surface area contributed by atoms with E-state index in [1.54, 1.807) is 6.08 Å². The number of ketones is 1. The number of aliphatic hydroxyl groups excluding tert-OH is 1. The smallest absolute Gasteiger partial charge is 0.332 e. The zero-order valence-corrected chi connectivity index (χ0v) is 18.0. The number of carbonyl (C=O) groups is 2. The SMILES string of the molecule is CCCCCCCCCCCC=CC1=C(CC=C=CCC(O)C(=O)O)C(=O)CC1. The molecule has 162 valence electrons. The molecule has 4 heteroatoms. The van der Waals surface area contributed by atoms with Gasteiger partial charge in [0.1, 0.15) is 0 Å². The Balaban J connectivity index is 2.29. The van der Waals surface area contributed by atoms with Gasteiger partial charge in [-0.2, -0.15) is 0 Å². The molecule has 0 aliphatic heterocycles. The first-order valence-corrected chi connectivity index (χ1v) is 11.3. The lowest BCUT2D eigenvalue weighted by atomic mass is 10.0. The van der Waals surface area contributed by atoms with Gasteiger partial charge in [-0.15, -0.1) is 5.73 Å². The molecule has 1 aliphatic carbocycles. The molecule has 1 aliphatic rings. The van der Waals surface area contributed by atoms with E-state index in [9.17, 15) is 14.7 Å². The number of Topliss-reactive ketones (excluding diaryl/α,β-unsaturated/α-hetero) is 1. The Labute approximate surface area is 176 Å². The molecule has 0 bridgehead atoms. The molecule has 1 unspecified atom stereocenters. The number of allylic oxidation sites excluding steroid dienone is 4. The van der Waals surface area contributed by atoms with Gasteiger partial charge in [-0.05, 0) is 37.0 Å². The third kappa shape index (κ3) is 11.6. The average molecular weight is 403 g/mol. The van der Waals surface area contributed by atoms with Crippen molar-refractivity contribution in [3.8, 4) is 0 Å². The minimum atomic E-state index is -1.40. The van der Waals surface area contributed by atoms with Gasteiger partial charge < -0.3 is 10.2 Å². The molecule has 0 aromatic rings. The Morgan fingerprint density at radius 3 is 2.34 bits per heavy atom. The second kappa shape index (κ2) is 16.0. The van der Waals surface area contributed by atoms with Crippen LogP contribution in [0, 0.1) is 0 Å². The standard InChI is InChI=1S/C25H38O4/c1-2-3-4-5-6-7-8-9-10-11-13-16-21-19-20-23(26)22(21)17-14-12-15-18-24(27)25(28)29/h13-16,24,27H,2-11,17-20H2,1H3,(H,28,29). The molecule has 0 fully saturated rings. The van der Waals surface area contributed by atoms with Crippen molar-refractivity contribution < 1.29 is 19.8 Å². The van der Waals surface area contributed by atoms with E-state index in [4.69, 9.17) is 5.11 Å². The van der Waals surface area contributed by atoms with E-state index >= 15 is 0 Å². The van der Waals surface area contributed by atoms with Crippen LogP contribution in [0.3, 0.4) is 0 Å². The maximum absolute atomic E-state index is 12.1. The molecule has 29 heavy (non-hydrogen) atoms. The topological polar surface area (TPSA) is 74.6 Å². The second-order valence-corrected chi connectivity index (χ2v) is 7.82. The van der Waals surface area contributed by atoms with Crippen LogP contribution in [0.5, 0.6) is 0 Å². The number of aliphatic carboxylic acids is 1. The fraction of sp³-hybridized carbons (Fsp3) is 0.640. The number of carbonyl (C=O) groups excluding carboxylic acids is 1. The van der Waals surface area contributed by atoms with Crippen molar-refractivity contribution in [3.63, 3.8) is 0 Å². The minimum absolute atomic E-state index is 0.0182. The molecular weight excluding hydrogens is 364 g/mol. The van der Waals surface area contributed by atoms with Crippen LogP contribution in [0.4, 0.5) is 0 Å². The molecule has 0 amide bonds. The van der Waals surface area contributed by atoms with Gasteiger partial charge in [-0.1, -0.05) is 70.4 Å². The summed E-state index contributed by atoms with van der Waals surface area (Å²) < 4.78 is 0. The fourth-order valence-corrected chi connectivity index (χ4v) is 3.48.